The highest BCUT2D eigenvalue weighted by atomic mass is 16.2. The van der Waals surface area contributed by atoms with Gasteiger partial charge in [-0.2, -0.15) is 4.98 Å². The van der Waals surface area contributed by atoms with Gasteiger partial charge in [-0.1, -0.05) is 13.8 Å². The van der Waals surface area contributed by atoms with Crippen LogP contribution in [0.15, 0.2) is 21.7 Å². The van der Waals surface area contributed by atoms with Crippen LogP contribution in [0.1, 0.15) is 37.8 Å². The monoisotopic (exact) mass is 398 g/mol. The standard InChI is InChI=1S/C22H32N5O2/c1-7-9-26-21(28)19-20(24-22(26)29)25(10-12-27(5,6)11-8-2)18-14-16(4)15(3)13-17(18)23-19/h13-14H,7-12H2,1-6H3/q+1. The summed E-state index contributed by atoms with van der Waals surface area (Å²) in [4.78, 5) is 34.5. The Morgan fingerprint density at radius 3 is 2.24 bits per heavy atom. The van der Waals surface area contributed by atoms with Crippen molar-refractivity contribution in [1.29, 1.82) is 0 Å². The van der Waals surface area contributed by atoms with E-state index >= 15 is 0 Å². The van der Waals surface area contributed by atoms with E-state index in [-0.39, 0.29) is 11.3 Å². The van der Waals surface area contributed by atoms with Crippen molar-refractivity contribution in [3.63, 3.8) is 0 Å². The van der Waals surface area contributed by atoms with E-state index in [1.807, 2.05) is 24.5 Å². The molecule has 3 rings (SSSR count). The van der Waals surface area contributed by atoms with E-state index in [1.54, 1.807) is 0 Å². The minimum atomic E-state index is -0.495. The number of aryl methyl sites for hydroxylation is 2. The number of aromatic nitrogens is 4. The average Bonchev–Trinajstić information content (AvgIpc) is 2.64. The van der Waals surface area contributed by atoms with E-state index in [9.17, 15) is 9.59 Å². The van der Waals surface area contributed by atoms with Crippen molar-refractivity contribution in [2.45, 2.75) is 53.6 Å². The summed E-state index contributed by atoms with van der Waals surface area (Å²) < 4.78 is 4.07. The molecule has 0 bridgehead atoms. The number of rotatable bonds is 7. The van der Waals surface area contributed by atoms with Crippen molar-refractivity contribution in [3.8, 4) is 11.5 Å². The number of fused-ring (bicyclic) bond motifs is 2. The second kappa shape index (κ2) is 8.06. The summed E-state index contributed by atoms with van der Waals surface area (Å²) in [6, 6.07) is 4.10. The van der Waals surface area contributed by atoms with Crippen molar-refractivity contribution < 1.29 is 4.48 Å². The number of likely N-dealkylation sites (N-methyl/N-ethyl adjacent to an activating group) is 1. The van der Waals surface area contributed by atoms with Gasteiger partial charge >= 0.3 is 5.69 Å². The Balaban J connectivity index is 2.30. The molecule has 0 aliphatic carbocycles. The molecule has 0 unspecified atom stereocenters. The van der Waals surface area contributed by atoms with Crippen LogP contribution in [0.2, 0.25) is 0 Å². The molecule has 0 radical (unpaired) electrons. The highest BCUT2D eigenvalue weighted by Crippen LogP contribution is 2.24. The Morgan fingerprint density at radius 1 is 0.897 bits per heavy atom. The van der Waals surface area contributed by atoms with E-state index in [0.29, 0.717) is 25.3 Å². The number of quaternary nitrogens is 1. The number of hydrogen-bond acceptors (Lipinski definition) is 4. The summed E-state index contributed by atoms with van der Waals surface area (Å²) in [7, 11) is 4.40. The third-order valence-corrected chi connectivity index (χ3v) is 5.67. The van der Waals surface area contributed by atoms with Crippen LogP contribution in [0.4, 0.5) is 0 Å². The maximum absolute atomic E-state index is 13.0. The first kappa shape index (κ1) is 21.2. The molecule has 2 aliphatic rings. The van der Waals surface area contributed by atoms with E-state index < -0.39 is 5.69 Å². The molecule has 7 heteroatoms. The number of benzene rings is 1. The topological polar surface area (TPSA) is 69.8 Å². The van der Waals surface area contributed by atoms with Crippen LogP contribution in [-0.4, -0.2) is 50.8 Å². The van der Waals surface area contributed by atoms with E-state index in [2.05, 4.69) is 44.0 Å². The van der Waals surface area contributed by atoms with E-state index in [1.165, 1.54) is 4.57 Å². The SMILES string of the molecule is CCCn1c(=O)nc2n(CC[N+](C)(C)CCC)c3cc(C)c(C)cc3nc-2c1=O. The van der Waals surface area contributed by atoms with E-state index in [0.717, 1.165) is 46.2 Å². The van der Waals surface area contributed by atoms with Crippen molar-refractivity contribution in [2.24, 2.45) is 0 Å². The van der Waals surface area contributed by atoms with Crippen molar-refractivity contribution >= 4 is 11.0 Å². The van der Waals surface area contributed by atoms with Crippen molar-refractivity contribution in [1.82, 2.24) is 19.1 Å². The molecule has 2 aliphatic heterocycles. The van der Waals surface area contributed by atoms with Crippen LogP contribution < -0.4 is 11.2 Å². The van der Waals surface area contributed by atoms with Gasteiger partial charge in [-0.15, -0.1) is 0 Å². The third-order valence-electron chi connectivity index (χ3n) is 5.67. The fourth-order valence-electron chi connectivity index (χ4n) is 3.86. The minimum Gasteiger partial charge on any atom is -0.327 e. The van der Waals surface area contributed by atoms with Crippen LogP contribution in [0.5, 0.6) is 0 Å². The summed E-state index contributed by atoms with van der Waals surface area (Å²) in [5, 5.41) is 0. The average molecular weight is 399 g/mol. The molecule has 0 atom stereocenters. The van der Waals surface area contributed by atoms with Crippen LogP contribution in [-0.2, 0) is 13.1 Å². The maximum Gasteiger partial charge on any atom is 0.352 e. The Labute approximate surface area is 171 Å². The molecule has 0 amide bonds. The van der Waals surface area contributed by atoms with Crippen LogP contribution in [0.25, 0.3) is 22.6 Å². The first-order valence-corrected chi connectivity index (χ1v) is 10.4. The maximum atomic E-state index is 13.0. The van der Waals surface area contributed by atoms with Gasteiger partial charge in [-0.25, -0.2) is 9.78 Å². The van der Waals surface area contributed by atoms with Crippen LogP contribution in [0.3, 0.4) is 0 Å². The predicted molar refractivity (Wildman–Crippen MR) is 117 cm³/mol. The van der Waals surface area contributed by atoms with Gasteiger partial charge in [0.05, 0.1) is 44.8 Å². The predicted octanol–water partition coefficient (Wildman–Crippen LogP) is 2.57. The molecular formula is C22H32N5O2+. The lowest BCUT2D eigenvalue weighted by Gasteiger charge is -2.30. The largest absolute Gasteiger partial charge is 0.352 e. The molecule has 0 saturated heterocycles. The van der Waals surface area contributed by atoms with Crippen LogP contribution >= 0.6 is 0 Å². The summed E-state index contributed by atoms with van der Waals surface area (Å²) in [5.41, 5.74) is 3.38. The Bertz CT molecular complexity index is 1130. The zero-order chi connectivity index (χ0) is 21.3. The highest BCUT2D eigenvalue weighted by Gasteiger charge is 2.23. The Hall–Kier alpha value is -2.54. The lowest BCUT2D eigenvalue weighted by molar-refractivity contribution is -0.890. The lowest BCUT2D eigenvalue weighted by Crippen LogP contribution is -2.43. The van der Waals surface area contributed by atoms with Crippen LogP contribution in [0, 0.1) is 13.8 Å². The van der Waals surface area contributed by atoms with Gasteiger partial charge in [0.25, 0.3) is 5.56 Å². The van der Waals surface area contributed by atoms with Crippen molar-refractivity contribution in [3.05, 3.63) is 44.1 Å². The zero-order valence-corrected chi connectivity index (χ0v) is 18.4. The van der Waals surface area contributed by atoms with Crippen molar-refractivity contribution in [2.75, 3.05) is 27.2 Å². The summed E-state index contributed by atoms with van der Waals surface area (Å²) in [6.07, 6.45) is 1.79. The van der Waals surface area contributed by atoms with Gasteiger partial charge in [0.1, 0.15) is 0 Å². The quantitative estimate of drug-likeness (QED) is 0.453. The summed E-state index contributed by atoms with van der Waals surface area (Å²) in [6.45, 7) is 11.2. The second-order valence-electron chi connectivity index (χ2n) is 8.59. The molecule has 1 aromatic rings. The zero-order valence-electron chi connectivity index (χ0n) is 18.4. The first-order valence-electron chi connectivity index (χ1n) is 10.4. The molecule has 156 valence electrons. The molecule has 0 fully saturated rings. The fraction of sp³-hybridized carbons (Fsp3) is 0.545. The molecule has 0 spiro atoms. The Morgan fingerprint density at radius 2 is 1.59 bits per heavy atom. The van der Waals surface area contributed by atoms with Gasteiger partial charge in [0.15, 0.2) is 11.5 Å². The highest BCUT2D eigenvalue weighted by molar-refractivity contribution is 5.81. The molecule has 1 aromatic carbocycles. The van der Waals surface area contributed by atoms with Gasteiger partial charge in [0, 0.05) is 6.54 Å². The first-order chi connectivity index (χ1) is 13.7. The molecule has 0 saturated carbocycles. The molecule has 7 nitrogen and oxygen atoms in total. The van der Waals surface area contributed by atoms with Gasteiger partial charge in [-0.05, 0) is 49.9 Å². The lowest BCUT2D eigenvalue weighted by atomic mass is 10.1. The van der Waals surface area contributed by atoms with Gasteiger partial charge < -0.3 is 9.05 Å². The molecule has 0 N–H and O–H groups in total. The molecule has 29 heavy (non-hydrogen) atoms. The minimum absolute atomic E-state index is 0.273. The smallest absolute Gasteiger partial charge is 0.327 e. The number of nitrogens with zero attached hydrogens (tertiary/aromatic N) is 5. The Kier molecular flexibility index (Phi) is 5.89. The van der Waals surface area contributed by atoms with Gasteiger partial charge in [0.2, 0.25) is 0 Å². The third kappa shape index (κ3) is 4.10. The fourth-order valence-corrected chi connectivity index (χ4v) is 3.86. The van der Waals surface area contributed by atoms with Gasteiger partial charge in [-0.3, -0.25) is 9.36 Å². The normalized spacial score (nSPS) is 12.2. The molecule has 0 aromatic heterocycles. The number of hydrogen-bond donors (Lipinski definition) is 0. The molecular weight excluding hydrogens is 366 g/mol. The molecule has 2 heterocycles. The van der Waals surface area contributed by atoms with E-state index in [4.69, 9.17) is 0 Å². The summed E-state index contributed by atoms with van der Waals surface area (Å²) in [5.74, 6) is 0.389. The summed E-state index contributed by atoms with van der Waals surface area (Å²) >= 11 is 0. The second-order valence-corrected chi connectivity index (χ2v) is 8.59.